The van der Waals surface area contributed by atoms with E-state index in [1.165, 1.54) is 16.0 Å². The number of carbonyl (C=O) groups excluding carboxylic acids is 3. The van der Waals surface area contributed by atoms with E-state index < -0.39 is 0 Å². The van der Waals surface area contributed by atoms with E-state index in [1.54, 1.807) is 4.90 Å². The molecule has 2 aliphatic heterocycles. The molecule has 2 heterocycles. The van der Waals surface area contributed by atoms with E-state index in [4.69, 9.17) is 0 Å². The normalized spacial score (nSPS) is 18.2. The summed E-state index contributed by atoms with van der Waals surface area (Å²) in [5, 5.41) is 2.50. The molecule has 2 aliphatic rings. The Hall–Kier alpha value is -2.37. The Morgan fingerprint density at radius 1 is 1.22 bits per heavy atom. The minimum absolute atomic E-state index is 0.0655. The van der Waals surface area contributed by atoms with E-state index in [1.807, 2.05) is 0 Å². The molecule has 2 saturated heterocycles. The molecule has 0 bridgehead atoms. The minimum atomic E-state index is -0.345. The number of imide groups is 1. The van der Waals surface area contributed by atoms with Gasteiger partial charge in [-0.05, 0) is 37.0 Å². The van der Waals surface area contributed by atoms with Gasteiger partial charge >= 0.3 is 6.03 Å². The van der Waals surface area contributed by atoms with Crippen molar-refractivity contribution in [2.45, 2.75) is 32.7 Å². The van der Waals surface area contributed by atoms with Gasteiger partial charge < -0.3 is 10.2 Å². The van der Waals surface area contributed by atoms with Gasteiger partial charge in [0.05, 0.1) is 12.6 Å². The van der Waals surface area contributed by atoms with Crippen molar-refractivity contribution in [2.24, 2.45) is 0 Å². The molecular formula is C17H21N3O3. The maximum Gasteiger partial charge on any atom is 0.324 e. The Kier molecular flexibility index (Phi) is 4.07. The van der Waals surface area contributed by atoms with Crippen molar-refractivity contribution >= 4 is 17.8 Å². The molecule has 4 amide bonds. The van der Waals surface area contributed by atoms with E-state index in [9.17, 15) is 14.4 Å². The molecule has 0 aliphatic carbocycles. The third-order valence-corrected chi connectivity index (χ3v) is 4.66. The summed E-state index contributed by atoms with van der Waals surface area (Å²) in [4.78, 5) is 38.3. The van der Waals surface area contributed by atoms with E-state index in [0.717, 1.165) is 5.56 Å². The second-order valence-electron chi connectivity index (χ2n) is 6.29. The predicted molar refractivity (Wildman–Crippen MR) is 84.8 cm³/mol. The number of hydrogen-bond donors (Lipinski definition) is 1. The number of amides is 4. The van der Waals surface area contributed by atoms with Crippen LogP contribution in [0.3, 0.4) is 0 Å². The molecule has 1 aromatic carbocycles. The molecule has 0 unspecified atom stereocenters. The zero-order chi connectivity index (χ0) is 16.6. The van der Waals surface area contributed by atoms with Crippen molar-refractivity contribution < 1.29 is 14.4 Å². The van der Waals surface area contributed by atoms with Gasteiger partial charge in [-0.2, -0.15) is 0 Å². The first kappa shape index (κ1) is 15.5. The van der Waals surface area contributed by atoms with Crippen molar-refractivity contribution in [1.82, 2.24) is 15.1 Å². The fourth-order valence-corrected chi connectivity index (χ4v) is 2.99. The van der Waals surface area contributed by atoms with Crippen molar-refractivity contribution in [1.29, 1.82) is 0 Å². The van der Waals surface area contributed by atoms with Crippen LogP contribution in [-0.2, 0) is 16.0 Å². The number of hydrogen-bond acceptors (Lipinski definition) is 3. The lowest BCUT2D eigenvalue weighted by Crippen LogP contribution is -2.62. The van der Waals surface area contributed by atoms with Crippen LogP contribution in [0.2, 0.25) is 0 Å². The summed E-state index contributed by atoms with van der Waals surface area (Å²) in [5.74, 6) is -0.131. The Morgan fingerprint density at radius 2 is 1.96 bits per heavy atom. The average Bonchev–Trinajstić information content (AvgIpc) is 2.79. The molecule has 0 radical (unpaired) electrons. The topological polar surface area (TPSA) is 69.7 Å². The molecule has 3 rings (SSSR count). The zero-order valence-electron chi connectivity index (χ0n) is 13.5. The van der Waals surface area contributed by atoms with E-state index >= 15 is 0 Å². The van der Waals surface area contributed by atoms with Crippen LogP contribution in [-0.4, -0.2) is 53.3 Å². The van der Waals surface area contributed by atoms with Gasteiger partial charge in [-0.25, -0.2) is 4.79 Å². The van der Waals surface area contributed by atoms with Crippen molar-refractivity contribution in [3.63, 3.8) is 0 Å². The van der Waals surface area contributed by atoms with Gasteiger partial charge in [0.15, 0.2) is 0 Å². The highest BCUT2D eigenvalue weighted by Gasteiger charge is 2.42. The summed E-state index contributed by atoms with van der Waals surface area (Å²) in [6, 6.07) is 5.74. The molecule has 122 valence electrons. The summed E-state index contributed by atoms with van der Waals surface area (Å²) in [6.07, 6.45) is 1.17. The van der Waals surface area contributed by atoms with Gasteiger partial charge in [0.25, 0.3) is 0 Å². The minimum Gasteiger partial charge on any atom is -0.338 e. The quantitative estimate of drug-likeness (QED) is 0.843. The van der Waals surface area contributed by atoms with Crippen molar-refractivity contribution in [3.05, 3.63) is 34.9 Å². The summed E-state index contributed by atoms with van der Waals surface area (Å²) in [6.45, 7) is 5.10. The molecule has 23 heavy (non-hydrogen) atoms. The highest BCUT2D eigenvalue weighted by atomic mass is 16.2. The summed E-state index contributed by atoms with van der Waals surface area (Å²) in [5.41, 5.74) is 3.64. The number of urea groups is 1. The lowest BCUT2D eigenvalue weighted by atomic mass is 10.0. The van der Waals surface area contributed by atoms with Crippen molar-refractivity contribution in [3.8, 4) is 0 Å². The average molecular weight is 315 g/mol. The Balaban J connectivity index is 1.48. The molecule has 0 aromatic heterocycles. The number of nitrogens with one attached hydrogen (secondary N) is 1. The molecule has 1 N–H and O–H groups in total. The van der Waals surface area contributed by atoms with Gasteiger partial charge in [0, 0.05) is 19.5 Å². The van der Waals surface area contributed by atoms with E-state index in [0.29, 0.717) is 25.9 Å². The third-order valence-electron chi connectivity index (χ3n) is 4.66. The molecule has 6 nitrogen and oxygen atoms in total. The highest BCUT2D eigenvalue weighted by molar-refractivity contribution is 6.02. The first-order valence-electron chi connectivity index (χ1n) is 7.89. The Bertz CT molecular complexity index is 649. The first-order valence-corrected chi connectivity index (χ1v) is 7.89. The smallest absolute Gasteiger partial charge is 0.324 e. The van der Waals surface area contributed by atoms with Crippen LogP contribution in [0.1, 0.15) is 23.1 Å². The first-order chi connectivity index (χ1) is 11.0. The predicted octanol–water partition coefficient (Wildman–Crippen LogP) is 0.999. The molecule has 0 saturated carbocycles. The molecule has 0 spiro atoms. The third kappa shape index (κ3) is 3.06. The van der Waals surface area contributed by atoms with Gasteiger partial charge in [0.1, 0.15) is 0 Å². The van der Waals surface area contributed by atoms with Crippen LogP contribution in [0.15, 0.2) is 18.2 Å². The molecule has 2 fully saturated rings. The van der Waals surface area contributed by atoms with Gasteiger partial charge in [-0.15, -0.1) is 0 Å². The van der Waals surface area contributed by atoms with Crippen LogP contribution in [0.5, 0.6) is 0 Å². The number of rotatable bonds is 4. The molecule has 6 heteroatoms. The largest absolute Gasteiger partial charge is 0.338 e. The fraction of sp³-hybridized carbons (Fsp3) is 0.471. The summed E-state index contributed by atoms with van der Waals surface area (Å²) < 4.78 is 0. The lowest BCUT2D eigenvalue weighted by molar-refractivity contribution is -0.142. The number of carbonyl (C=O) groups is 3. The van der Waals surface area contributed by atoms with Crippen molar-refractivity contribution in [2.75, 3.05) is 19.6 Å². The molecular weight excluding hydrogens is 294 g/mol. The molecule has 1 aromatic rings. The SMILES string of the molecule is Cc1ccc(CCC(=O)N2CC(N3C(=O)CNC3=O)C2)cc1C. The summed E-state index contributed by atoms with van der Waals surface area (Å²) >= 11 is 0. The van der Waals surface area contributed by atoms with Crippen LogP contribution in [0.25, 0.3) is 0 Å². The van der Waals surface area contributed by atoms with Gasteiger partial charge in [-0.3, -0.25) is 14.5 Å². The van der Waals surface area contributed by atoms with Crippen LogP contribution in [0.4, 0.5) is 4.79 Å². The van der Waals surface area contributed by atoms with Gasteiger partial charge in [-0.1, -0.05) is 18.2 Å². The van der Waals surface area contributed by atoms with E-state index in [-0.39, 0.29) is 30.4 Å². The maximum absolute atomic E-state index is 12.2. The lowest BCUT2D eigenvalue weighted by Gasteiger charge is -2.42. The number of likely N-dealkylation sites (tertiary alicyclic amines) is 1. The second kappa shape index (κ2) is 6.02. The Labute approximate surface area is 135 Å². The Morgan fingerprint density at radius 3 is 2.57 bits per heavy atom. The standard InChI is InChI=1S/C17H21N3O3/c1-11-3-4-13(7-12(11)2)5-6-15(21)19-9-14(10-19)20-16(22)8-18-17(20)23/h3-4,7,14H,5-6,8-10H2,1-2H3,(H,18,23). The van der Waals surface area contributed by atoms with Crippen LogP contribution in [0, 0.1) is 13.8 Å². The zero-order valence-corrected chi connectivity index (χ0v) is 13.5. The van der Waals surface area contributed by atoms with Crippen LogP contribution >= 0.6 is 0 Å². The second-order valence-corrected chi connectivity index (χ2v) is 6.29. The highest BCUT2D eigenvalue weighted by Crippen LogP contribution is 2.19. The monoisotopic (exact) mass is 315 g/mol. The van der Waals surface area contributed by atoms with Crippen LogP contribution < -0.4 is 5.32 Å². The maximum atomic E-state index is 12.2. The number of aryl methyl sites for hydroxylation is 3. The summed E-state index contributed by atoms with van der Waals surface area (Å²) in [7, 11) is 0. The fourth-order valence-electron chi connectivity index (χ4n) is 2.99. The number of nitrogens with zero attached hydrogens (tertiary/aromatic N) is 2. The number of benzene rings is 1. The van der Waals surface area contributed by atoms with E-state index in [2.05, 4.69) is 37.4 Å². The molecule has 0 atom stereocenters. The van der Waals surface area contributed by atoms with Gasteiger partial charge in [0.2, 0.25) is 11.8 Å².